The van der Waals surface area contributed by atoms with Crippen molar-refractivity contribution < 1.29 is 17.7 Å². The lowest BCUT2D eigenvalue weighted by Gasteiger charge is -2.22. The Kier molecular flexibility index (Phi) is 4.60. The minimum Gasteiger partial charge on any atom is -0.339 e. The standard InChI is InChI=1S/C18H19F3N4O/c1-17(2,12-5-4-6-13(11-12)18(19,20)21)16-23-15(26-24-16)8-7-14-22-9-10-25(14)3/h4-6,9-11H,7-8H2,1-3H3. The number of rotatable bonds is 5. The Hall–Kier alpha value is -2.64. The van der Waals surface area contributed by atoms with E-state index in [9.17, 15) is 13.2 Å². The fourth-order valence-corrected chi connectivity index (χ4v) is 2.68. The average molecular weight is 364 g/mol. The zero-order valence-corrected chi connectivity index (χ0v) is 14.7. The van der Waals surface area contributed by atoms with Gasteiger partial charge < -0.3 is 9.09 Å². The van der Waals surface area contributed by atoms with Crippen LogP contribution in [0.4, 0.5) is 13.2 Å². The number of alkyl halides is 3. The summed E-state index contributed by atoms with van der Waals surface area (Å²) in [5.41, 5.74) is -1.03. The first-order valence-corrected chi connectivity index (χ1v) is 8.15. The molecule has 0 aliphatic carbocycles. The monoisotopic (exact) mass is 364 g/mol. The molecule has 8 heteroatoms. The van der Waals surface area contributed by atoms with Gasteiger partial charge in [-0.3, -0.25) is 0 Å². The number of aryl methyl sites for hydroxylation is 3. The highest BCUT2D eigenvalue weighted by atomic mass is 19.4. The molecule has 0 fully saturated rings. The van der Waals surface area contributed by atoms with Crippen molar-refractivity contribution in [3.05, 3.63) is 65.3 Å². The van der Waals surface area contributed by atoms with E-state index in [1.807, 2.05) is 17.8 Å². The number of benzene rings is 1. The third kappa shape index (κ3) is 3.63. The summed E-state index contributed by atoms with van der Waals surface area (Å²) in [7, 11) is 1.90. The molecule has 5 nitrogen and oxygen atoms in total. The van der Waals surface area contributed by atoms with Crippen molar-refractivity contribution in [2.75, 3.05) is 0 Å². The van der Waals surface area contributed by atoms with Crippen molar-refractivity contribution in [2.45, 2.75) is 38.3 Å². The zero-order chi connectivity index (χ0) is 18.9. The Morgan fingerprint density at radius 3 is 2.50 bits per heavy atom. The molecule has 0 unspecified atom stereocenters. The van der Waals surface area contributed by atoms with E-state index in [2.05, 4.69) is 15.1 Å². The second kappa shape index (κ2) is 6.59. The van der Waals surface area contributed by atoms with Crippen LogP contribution in [0.1, 0.15) is 42.5 Å². The normalized spacial score (nSPS) is 12.5. The van der Waals surface area contributed by atoms with Crippen LogP contribution in [0.5, 0.6) is 0 Å². The van der Waals surface area contributed by atoms with Crippen LogP contribution in [0.25, 0.3) is 0 Å². The maximum Gasteiger partial charge on any atom is 0.416 e. The van der Waals surface area contributed by atoms with E-state index in [1.54, 1.807) is 26.1 Å². The highest BCUT2D eigenvalue weighted by Crippen LogP contribution is 2.35. The lowest BCUT2D eigenvalue weighted by atomic mass is 9.83. The molecule has 0 radical (unpaired) electrons. The Labute approximate surface area is 148 Å². The minimum atomic E-state index is -4.39. The van der Waals surface area contributed by atoms with Gasteiger partial charge in [-0.1, -0.05) is 23.4 Å². The largest absolute Gasteiger partial charge is 0.416 e. The van der Waals surface area contributed by atoms with Gasteiger partial charge >= 0.3 is 6.18 Å². The predicted molar refractivity (Wildman–Crippen MR) is 88.5 cm³/mol. The van der Waals surface area contributed by atoms with E-state index in [-0.39, 0.29) is 0 Å². The third-order valence-electron chi connectivity index (χ3n) is 4.42. The number of aromatic nitrogens is 4. The summed E-state index contributed by atoms with van der Waals surface area (Å²) in [6.45, 7) is 3.55. The molecule has 0 bridgehead atoms. The Balaban J connectivity index is 1.80. The van der Waals surface area contributed by atoms with Gasteiger partial charge in [-0.15, -0.1) is 0 Å². The molecule has 0 N–H and O–H groups in total. The second-order valence-corrected chi connectivity index (χ2v) is 6.67. The molecule has 1 aromatic carbocycles. The lowest BCUT2D eigenvalue weighted by Crippen LogP contribution is -2.21. The van der Waals surface area contributed by atoms with Gasteiger partial charge in [0.15, 0.2) is 5.82 Å². The smallest absolute Gasteiger partial charge is 0.339 e. The molecule has 0 saturated carbocycles. The van der Waals surface area contributed by atoms with Crippen molar-refractivity contribution in [3.8, 4) is 0 Å². The van der Waals surface area contributed by atoms with Crippen molar-refractivity contribution in [1.82, 2.24) is 19.7 Å². The molecule has 0 atom stereocenters. The van der Waals surface area contributed by atoms with Gasteiger partial charge in [0.05, 0.1) is 11.0 Å². The molecule has 2 heterocycles. The van der Waals surface area contributed by atoms with E-state index in [0.717, 1.165) is 18.0 Å². The van der Waals surface area contributed by atoms with Gasteiger partial charge in [0.2, 0.25) is 5.89 Å². The average Bonchev–Trinajstić information content (AvgIpc) is 3.21. The topological polar surface area (TPSA) is 56.7 Å². The summed E-state index contributed by atoms with van der Waals surface area (Å²) in [6, 6.07) is 5.21. The van der Waals surface area contributed by atoms with E-state index in [0.29, 0.717) is 30.1 Å². The third-order valence-corrected chi connectivity index (χ3v) is 4.42. The molecule has 0 aliphatic heterocycles. The Bertz CT molecular complexity index is 896. The number of imidazole rings is 1. The molecule has 0 saturated heterocycles. The number of halogens is 3. The van der Waals surface area contributed by atoms with Crippen LogP contribution in [0, 0.1) is 0 Å². The van der Waals surface area contributed by atoms with Crippen molar-refractivity contribution in [3.63, 3.8) is 0 Å². The Morgan fingerprint density at radius 1 is 1.12 bits per heavy atom. The molecule has 3 rings (SSSR count). The summed E-state index contributed by atoms with van der Waals surface area (Å²) in [5, 5.41) is 3.98. The molecule has 0 aliphatic rings. The van der Waals surface area contributed by atoms with Gasteiger partial charge in [0.1, 0.15) is 5.82 Å². The van der Waals surface area contributed by atoms with Crippen LogP contribution in [0.2, 0.25) is 0 Å². The molecule has 26 heavy (non-hydrogen) atoms. The van der Waals surface area contributed by atoms with Crippen LogP contribution in [-0.4, -0.2) is 19.7 Å². The summed E-state index contributed by atoms with van der Waals surface area (Å²) >= 11 is 0. The SMILES string of the molecule is Cn1ccnc1CCc1nc(C(C)(C)c2cccc(C(F)(F)F)c2)no1. The van der Waals surface area contributed by atoms with Gasteiger partial charge in [-0.05, 0) is 25.5 Å². The van der Waals surface area contributed by atoms with E-state index in [4.69, 9.17) is 4.52 Å². The highest BCUT2D eigenvalue weighted by Gasteiger charge is 2.34. The molecule has 3 aromatic rings. The molecule has 2 aromatic heterocycles. The Morgan fingerprint density at radius 2 is 1.85 bits per heavy atom. The number of nitrogens with zero attached hydrogens (tertiary/aromatic N) is 4. The highest BCUT2D eigenvalue weighted by molar-refractivity contribution is 5.35. The summed E-state index contributed by atoms with van der Waals surface area (Å²) in [5.74, 6) is 1.68. The van der Waals surface area contributed by atoms with Gasteiger partial charge in [-0.2, -0.15) is 18.2 Å². The first-order valence-electron chi connectivity index (χ1n) is 8.15. The molecular formula is C18H19F3N4O. The predicted octanol–water partition coefficient (Wildman–Crippen LogP) is 3.93. The first kappa shape index (κ1) is 18.2. The van der Waals surface area contributed by atoms with Gasteiger partial charge in [0.25, 0.3) is 0 Å². The van der Waals surface area contributed by atoms with E-state index < -0.39 is 17.2 Å². The van der Waals surface area contributed by atoms with Crippen molar-refractivity contribution in [2.24, 2.45) is 7.05 Å². The molecule has 0 amide bonds. The lowest BCUT2D eigenvalue weighted by molar-refractivity contribution is -0.137. The fraction of sp³-hybridized carbons (Fsp3) is 0.389. The fourth-order valence-electron chi connectivity index (χ4n) is 2.68. The first-order chi connectivity index (χ1) is 12.2. The molecule has 0 spiro atoms. The van der Waals surface area contributed by atoms with E-state index in [1.165, 1.54) is 6.07 Å². The maximum absolute atomic E-state index is 13.0. The number of hydrogen-bond acceptors (Lipinski definition) is 4. The van der Waals surface area contributed by atoms with Crippen LogP contribution < -0.4 is 0 Å². The summed E-state index contributed by atoms with van der Waals surface area (Å²) in [4.78, 5) is 8.62. The van der Waals surface area contributed by atoms with Crippen molar-refractivity contribution >= 4 is 0 Å². The van der Waals surface area contributed by atoms with Crippen LogP contribution in [0.3, 0.4) is 0 Å². The van der Waals surface area contributed by atoms with Gasteiger partial charge in [-0.25, -0.2) is 4.98 Å². The molecular weight excluding hydrogens is 345 g/mol. The van der Waals surface area contributed by atoms with Crippen molar-refractivity contribution in [1.29, 1.82) is 0 Å². The van der Waals surface area contributed by atoms with Crippen LogP contribution >= 0.6 is 0 Å². The van der Waals surface area contributed by atoms with E-state index >= 15 is 0 Å². The minimum absolute atomic E-state index is 0.353. The van der Waals surface area contributed by atoms with Crippen LogP contribution in [0.15, 0.2) is 41.2 Å². The maximum atomic E-state index is 13.0. The van der Waals surface area contributed by atoms with Gasteiger partial charge in [0, 0.05) is 32.3 Å². The summed E-state index contributed by atoms with van der Waals surface area (Å²) in [6.07, 6.45) is 0.318. The van der Waals surface area contributed by atoms with Crippen LogP contribution in [-0.2, 0) is 31.5 Å². The zero-order valence-electron chi connectivity index (χ0n) is 14.7. The quantitative estimate of drug-likeness (QED) is 0.688. The second-order valence-electron chi connectivity index (χ2n) is 6.67. The summed E-state index contributed by atoms with van der Waals surface area (Å²) < 4.78 is 46.1. The number of hydrogen-bond donors (Lipinski definition) is 0. The molecule has 138 valence electrons.